The van der Waals surface area contributed by atoms with Gasteiger partial charge in [0.05, 0.1) is 14.9 Å². The fraction of sp³-hybridized carbons (Fsp3) is 0.308. The van der Waals surface area contributed by atoms with Crippen molar-refractivity contribution in [3.63, 3.8) is 0 Å². The minimum Gasteiger partial charge on any atom is -0.466 e. The molecule has 0 spiro atoms. The molecule has 0 aliphatic carbocycles. The van der Waals surface area contributed by atoms with E-state index in [1.54, 1.807) is 32.4 Å². The van der Waals surface area contributed by atoms with Crippen molar-refractivity contribution < 1.29 is 14.5 Å². The van der Waals surface area contributed by atoms with Crippen LogP contribution in [0.3, 0.4) is 0 Å². The molecule has 4 rings (SSSR count). The third-order valence-corrected chi connectivity index (χ3v) is 5.36. The molecule has 4 aromatic rings. The lowest BCUT2D eigenvalue weighted by Gasteiger charge is -2.11. The molecule has 0 fully saturated rings. The van der Waals surface area contributed by atoms with Crippen molar-refractivity contribution in [2.75, 3.05) is 0 Å². The summed E-state index contributed by atoms with van der Waals surface area (Å²) >= 11 is 0. The summed E-state index contributed by atoms with van der Waals surface area (Å²) in [6.07, 6.45) is -1.84. The van der Waals surface area contributed by atoms with Gasteiger partial charge in [0.2, 0.25) is 11.4 Å². The van der Waals surface area contributed by atoms with Gasteiger partial charge in [-0.15, -0.1) is 0 Å². The molecule has 0 saturated carbocycles. The second-order valence-electron chi connectivity index (χ2n) is 7.87. The number of rotatable bonds is 3. The van der Waals surface area contributed by atoms with Crippen LogP contribution in [0.15, 0.2) is 40.8 Å². The summed E-state index contributed by atoms with van der Waals surface area (Å²) in [5.74, 6) is -0.405. The highest BCUT2D eigenvalue weighted by atomic mass is 16.3. The molecule has 29 heavy (non-hydrogen) atoms. The van der Waals surface area contributed by atoms with Crippen molar-refractivity contribution in [3.8, 4) is 11.3 Å². The van der Waals surface area contributed by atoms with Crippen LogP contribution in [-0.4, -0.2) is 0 Å². The molecule has 0 atom stereocenters. The molecule has 2 aromatic heterocycles. The average molecular weight is 388 g/mol. The Morgan fingerprint density at radius 3 is 2.38 bits per heavy atom. The van der Waals surface area contributed by atoms with Gasteiger partial charge in [-0.05, 0) is 42.8 Å². The first-order valence-electron chi connectivity index (χ1n) is 11.8. The second-order valence-corrected chi connectivity index (χ2v) is 7.87. The van der Waals surface area contributed by atoms with Gasteiger partial charge in [0.25, 0.3) is 0 Å². The Kier molecular flexibility index (Phi) is 3.60. The van der Waals surface area contributed by atoms with E-state index in [0.717, 1.165) is 21.9 Å². The summed E-state index contributed by atoms with van der Waals surface area (Å²) in [7, 11) is 1.80. The van der Waals surface area contributed by atoms with Crippen LogP contribution in [0.5, 0.6) is 0 Å². The van der Waals surface area contributed by atoms with Gasteiger partial charge < -0.3 is 4.42 Å². The van der Waals surface area contributed by atoms with Crippen LogP contribution >= 0.6 is 0 Å². The van der Waals surface area contributed by atoms with E-state index in [4.69, 9.17) is 16.5 Å². The summed E-state index contributed by atoms with van der Waals surface area (Å²) in [4.78, 5) is 3.68. The predicted molar refractivity (Wildman–Crippen MR) is 119 cm³/mol. The molecule has 0 amide bonds. The topological polar surface area (TPSA) is 21.4 Å². The zero-order valence-electron chi connectivity index (χ0n) is 21.7. The highest BCUT2D eigenvalue weighted by Gasteiger charge is 2.23. The largest absolute Gasteiger partial charge is 0.466 e. The molecule has 0 bridgehead atoms. The lowest BCUT2D eigenvalue weighted by molar-refractivity contribution is -0.666. The zero-order valence-corrected chi connectivity index (χ0v) is 17.7. The van der Waals surface area contributed by atoms with Gasteiger partial charge >= 0.3 is 0 Å². The highest BCUT2D eigenvalue weighted by Crippen LogP contribution is 2.41. The maximum absolute atomic E-state index is 9.06. The highest BCUT2D eigenvalue weighted by molar-refractivity contribution is 6.13. The van der Waals surface area contributed by atoms with Crippen molar-refractivity contribution in [2.45, 2.75) is 41.0 Å². The molecule has 0 aliphatic heterocycles. The molecule has 3 nitrogen and oxygen atoms in total. The third kappa shape index (κ3) is 3.09. The first-order chi connectivity index (χ1) is 15.4. The Labute approximate surface area is 178 Å². The zero-order chi connectivity index (χ0) is 24.4. The van der Waals surface area contributed by atoms with Crippen molar-refractivity contribution in [1.29, 1.82) is 0 Å². The van der Waals surface area contributed by atoms with Crippen LogP contribution in [-0.2, 0) is 13.4 Å². The van der Waals surface area contributed by atoms with Gasteiger partial charge in [0, 0.05) is 32.5 Å². The molecular weight excluding hydrogens is 356 g/mol. The molecule has 2 heterocycles. The van der Waals surface area contributed by atoms with Crippen LogP contribution in [0.4, 0.5) is 5.69 Å². The second kappa shape index (κ2) is 7.04. The van der Waals surface area contributed by atoms with E-state index in [2.05, 4.69) is 4.85 Å². The maximum atomic E-state index is 9.06. The number of aryl methyl sites for hydroxylation is 2. The SMILES string of the molecule is [2H]c1c(C([2H])([2H])C(C)C)c([2H])c(-c2c(C)ccc3c2oc2c([N+]#[C-])c(C)ccc23)[n+](C)c1C. The van der Waals surface area contributed by atoms with Gasteiger partial charge in [-0.2, -0.15) is 4.57 Å². The summed E-state index contributed by atoms with van der Waals surface area (Å²) in [6.45, 7) is 16.7. The van der Waals surface area contributed by atoms with Gasteiger partial charge in [-0.1, -0.05) is 38.1 Å². The van der Waals surface area contributed by atoms with E-state index >= 15 is 0 Å². The molecule has 0 saturated heterocycles. The molecular formula is C26H27N2O+. The van der Waals surface area contributed by atoms with Crippen LogP contribution in [0.1, 0.15) is 41.7 Å². The minimum absolute atomic E-state index is 0.00978. The Morgan fingerprint density at radius 1 is 1.07 bits per heavy atom. The number of nitrogens with zero attached hydrogens (tertiary/aromatic N) is 2. The third-order valence-electron chi connectivity index (χ3n) is 5.36. The summed E-state index contributed by atoms with van der Waals surface area (Å²) in [5.41, 5.74) is 5.13. The van der Waals surface area contributed by atoms with Crippen LogP contribution in [0.25, 0.3) is 38.0 Å². The summed E-state index contributed by atoms with van der Waals surface area (Å²) in [6, 6.07) is 7.83. The standard InChI is InChI=1S/C26H27N2O/c1-15(2)12-19-13-18(5)28(7)22(14-19)23-16(3)8-10-20-21-11-9-17(4)24(27-6)26(21)29-25(20)23/h8-11,13-15H,12H2,1-5,7H3/q+1/i12D2,13D,14D. The van der Waals surface area contributed by atoms with Gasteiger partial charge in [-0.3, -0.25) is 0 Å². The predicted octanol–water partition coefficient (Wildman–Crippen LogP) is 6.75. The fourth-order valence-electron chi connectivity index (χ4n) is 3.78. The number of pyridine rings is 1. The monoisotopic (exact) mass is 387 g/mol. The van der Waals surface area contributed by atoms with Crippen LogP contribution < -0.4 is 4.57 Å². The van der Waals surface area contributed by atoms with Gasteiger partial charge in [0.1, 0.15) is 18.2 Å². The number of fused-ring (bicyclic) bond motifs is 3. The normalized spacial score (nSPS) is 14.0. The summed E-state index contributed by atoms with van der Waals surface area (Å²) < 4.78 is 43.1. The smallest absolute Gasteiger partial charge is 0.232 e. The lowest BCUT2D eigenvalue weighted by atomic mass is 9.96. The van der Waals surface area contributed by atoms with Crippen LogP contribution in [0, 0.1) is 33.3 Å². The number of hydrogen-bond acceptors (Lipinski definition) is 1. The average Bonchev–Trinajstić information content (AvgIpc) is 3.12. The Hall–Kier alpha value is -3.12. The molecule has 3 heteroatoms. The first-order valence-corrected chi connectivity index (χ1v) is 9.76. The molecule has 0 N–H and O–H groups in total. The molecule has 0 aliphatic rings. The fourth-order valence-corrected chi connectivity index (χ4v) is 3.78. The van der Waals surface area contributed by atoms with Crippen molar-refractivity contribution in [3.05, 3.63) is 70.2 Å². The Balaban J connectivity index is 2.21. The van der Waals surface area contributed by atoms with Gasteiger partial charge in [-0.25, -0.2) is 4.85 Å². The maximum Gasteiger partial charge on any atom is 0.232 e. The number of hydrogen-bond donors (Lipinski definition) is 0. The molecule has 146 valence electrons. The molecule has 0 radical (unpaired) electrons. The van der Waals surface area contributed by atoms with Gasteiger partial charge in [0.15, 0.2) is 5.69 Å². The number of furan rings is 1. The quantitative estimate of drug-likeness (QED) is 0.281. The van der Waals surface area contributed by atoms with E-state index in [-0.39, 0.29) is 17.6 Å². The Morgan fingerprint density at radius 2 is 1.72 bits per heavy atom. The lowest BCUT2D eigenvalue weighted by Crippen LogP contribution is -2.35. The molecule has 0 unspecified atom stereocenters. The summed E-state index contributed by atoms with van der Waals surface area (Å²) in [5, 5.41) is 1.68. The number of aromatic nitrogens is 1. The van der Waals surface area contributed by atoms with E-state index in [1.165, 1.54) is 0 Å². The van der Waals surface area contributed by atoms with Crippen molar-refractivity contribution in [1.82, 2.24) is 0 Å². The van der Waals surface area contributed by atoms with E-state index in [0.29, 0.717) is 33.8 Å². The van der Waals surface area contributed by atoms with Crippen molar-refractivity contribution >= 4 is 27.6 Å². The van der Waals surface area contributed by atoms with Crippen LogP contribution in [0.2, 0.25) is 0 Å². The van der Waals surface area contributed by atoms with Crippen molar-refractivity contribution in [2.24, 2.45) is 13.0 Å². The number of benzene rings is 2. The first kappa shape index (κ1) is 14.8. The van der Waals surface area contributed by atoms with E-state index in [1.807, 2.05) is 38.1 Å². The Bertz CT molecular complexity index is 1490. The minimum atomic E-state index is -1.84. The van der Waals surface area contributed by atoms with E-state index in [9.17, 15) is 0 Å². The molecule has 2 aromatic carbocycles. The van der Waals surface area contributed by atoms with E-state index < -0.39 is 12.3 Å².